The van der Waals surface area contributed by atoms with Gasteiger partial charge in [-0.05, 0) is 37.1 Å². The van der Waals surface area contributed by atoms with Crippen LogP contribution < -0.4 is 14.8 Å². The molecule has 0 aliphatic carbocycles. The molecule has 6 nitrogen and oxygen atoms in total. The third kappa shape index (κ3) is 5.63. The van der Waals surface area contributed by atoms with Crippen LogP contribution in [-0.2, 0) is 0 Å². The Labute approximate surface area is 166 Å². The van der Waals surface area contributed by atoms with Crippen molar-refractivity contribution in [2.75, 3.05) is 31.7 Å². The zero-order chi connectivity index (χ0) is 19.6. The van der Waals surface area contributed by atoms with Gasteiger partial charge < -0.3 is 24.8 Å². The molecule has 150 valence electrons. The van der Waals surface area contributed by atoms with E-state index in [4.69, 9.17) is 9.47 Å². The van der Waals surface area contributed by atoms with Crippen LogP contribution >= 0.6 is 0 Å². The lowest BCUT2D eigenvalue weighted by atomic mass is 10.1. The van der Waals surface area contributed by atoms with Crippen LogP contribution in [0.4, 0.5) is 10.5 Å². The van der Waals surface area contributed by atoms with Crippen molar-refractivity contribution in [3.05, 3.63) is 54.6 Å². The number of benzene rings is 2. The summed E-state index contributed by atoms with van der Waals surface area (Å²) in [4.78, 5) is 14.5. The van der Waals surface area contributed by atoms with Crippen LogP contribution in [-0.4, -0.2) is 48.4 Å². The van der Waals surface area contributed by atoms with Crippen LogP contribution in [0.1, 0.15) is 25.7 Å². The number of para-hydroxylation sites is 3. The van der Waals surface area contributed by atoms with Gasteiger partial charge in [-0.1, -0.05) is 43.2 Å². The number of aliphatic hydroxyl groups is 1. The fourth-order valence-electron chi connectivity index (χ4n) is 3.35. The van der Waals surface area contributed by atoms with Gasteiger partial charge in [-0.25, -0.2) is 4.79 Å². The highest BCUT2D eigenvalue weighted by Crippen LogP contribution is 2.25. The molecule has 2 aromatic rings. The predicted octanol–water partition coefficient (Wildman–Crippen LogP) is 3.91. The fraction of sp³-hybridized carbons (Fsp3) is 0.409. The first-order chi connectivity index (χ1) is 13.8. The van der Waals surface area contributed by atoms with E-state index >= 15 is 0 Å². The number of carbonyl (C=O) groups is 1. The molecule has 1 unspecified atom stereocenters. The number of amides is 2. The summed E-state index contributed by atoms with van der Waals surface area (Å²) < 4.78 is 11.5. The summed E-state index contributed by atoms with van der Waals surface area (Å²) in [6.45, 7) is 1.42. The molecule has 0 spiro atoms. The Morgan fingerprint density at radius 3 is 2.57 bits per heavy atom. The van der Waals surface area contributed by atoms with Crippen LogP contribution in [0, 0.1) is 0 Å². The van der Waals surface area contributed by atoms with E-state index in [0.717, 1.165) is 31.4 Å². The van der Waals surface area contributed by atoms with Crippen molar-refractivity contribution in [1.29, 1.82) is 0 Å². The maximum absolute atomic E-state index is 12.8. The largest absolute Gasteiger partial charge is 0.490 e. The highest BCUT2D eigenvalue weighted by Gasteiger charge is 2.25. The monoisotopic (exact) mass is 384 g/mol. The standard InChI is InChI=1S/C22H28N2O4/c25-17-18-9-3-2-8-14-24(18)22(26)23-20-12-6-7-13-21(20)28-16-15-27-19-10-4-1-5-11-19/h1,4-7,10-13,18,25H,2-3,8-9,14-17H2,(H,23,26). The second-order valence-corrected chi connectivity index (χ2v) is 6.82. The highest BCUT2D eigenvalue weighted by molar-refractivity contribution is 5.91. The molecule has 0 aromatic heterocycles. The smallest absolute Gasteiger partial charge is 0.322 e. The molecule has 2 amide bonds. The molecule has 1 saturated heterocycles. The molecule has 6 heteroatoms. The van der Waals surface area contributed by atoms with E-state index in [0.29, 0.717) is 31.2 Å². The van der Waals surface area contributed by atoms with Gasteiger partial charge in [0.25, 0.3) is 0 Å². The lowest BCUT2D eigenvalue weighted by Crippen LogP contribution is -2.44. The Bertz CT molecular complexity index is 738. The summed E-state index contributed by atoms with van der Waals surface area (Å²) in [7, 11) is 0. The molecule has 28 heavy (non-hydrogen) atoms. The summed E-state index contributed by atoms with van der Waals surface area (Å²) in [5.41, 5.74) is 0.619. The van der Waals surface area contributed by atoms with Crippen LogP contribution in [0.3, 0.4) is 0 Å². The molecule has 1 aliphatic rings. The van der Waals surface area contributed by atoms with E-state index < -0.39 is 0 Å². The molecule has 2 aromatic carbocycles. The van der Waals surface area contributed by atoms with E-state index in [1.54, 1.807) is 4.90 Å². The lowest BCUT2D eigenvalue weighted by Gasteiger charge is -2.29. The van der Waals surface area contributed by atoms with Gasteiger partial charge in [-0.15, -0.1) is 0 Å². The minimum atomic E-state index is -0.197. The molecular weight excluding hydrogens is 356 g/mol. The number of nitrogens with zero attached hydrogens (tertiary/aromatic N) is 1. The Hall–Kier alpha value is -2.73. The second-order valence-electron chi connectivity index (χ2n) is 6.82. The summed E-state index contributed by atoms with van der Waals surface area (Å²) in [6, 6.07) is 16.6. The van der Waals surface area contributed by atoms with E-state index in [9.17, 15) is 9.90 Å². The number of nitrogens with one attached hydrogen (secondary N) is 1. The molecule has 0 bridgehead atoms. The maximum Gasteiger partial charge on any atom is 0.322 e. The SMILES string of the molecule is O=C(Nc1ccccc1OCCOc1ccccc1)N1CCCCCC1CO. The first-order valence-electron chi connectivity index (χ1n) is 9.86. The first kappa shape index (κ1) is 20.0. The number of ether oxygens (including phenoxy) is 2. The number of rotatable bonds is 7. The van der Waals surface area contributed by atoms with E-state index in [1.165, 1.54) is 0 Å². The second kappa shape index (κ2) is 10.6. The van der Waals surface area contributed by atoms with Gasteiger partial charge in [0.05, 0.1) is 18.3 Å². The van der Waals surface area contributed by atoms with Gasteiger partial charge in [0.2, 0.25) is 0 Å². The van der Waals surface area contributed by atoms with E-state index in [1.807, 2.05) is 54.6 Å². The molecule has 0 saturated carbocycles. The minimum absolute atomic E-state index is 0.0115. The van der Waals surface area contributed by atoms with Crippen molar-refractivity contribution < 1.29 is 19.4 Å². The molecular formula is C22H28N2O4. The van der Waals surface area contributed by atoms with E-state index in [-0.39, 0.29) is 18.7 Å². The van der Waals surface area contributed by atoms with Gasteiger partial charge in [0.15, 0.2) is 0 Å². The summed E-state index contributed by atoms with van der Waals surface area (Å²) in [6.07, 6.45) is 3.91. The number of hydrogen-bond acceptors (Lipinski definition) is 4. The van der Waals surface area contributed by atoms with Crippen LogP contribution in [0.2, 0.25) is 0 Å². The Morgan fingerprint density at radius 1 is 1.00 bits per heavy atom. The zero-order valence-corrected chi connectivity index (χ0v) is 16.0. The summed E-state index contributed by atoms with van der Waals surface area (Å²) >= 11 is 0. The zero-order valence-electron chi connectivity index (χ0n) is 16.0. The van der Waals surface area contributed by atoms with E-state index in [2.05, 4.69) is 5.32 Å². The molecule has 1 heterocycles. The summed E-state index contributed by atoms with van der Waals surface area (Å²) in [5, 5.41) is 12.6. The van der Waals surface area contributed by atoms with Crippen molar-refractivity contribution in [3.63, 3.8) is 0 Å². The number of hydrogen-bond donors (Lipinski definition) is 2. The van der Waals surface area contributed by atoms with Crippen molar-refractivity contribution in [2.24, 2.45) is 0 Å². The predicted molar refractivity (Wildman–Crippen MR) is 109 cm³/mol. The fourth-order valence-corrected chi connectivity index (χ4v) is 3.35. The maximum atomic E-state index is 12.8. The number of anilines is 1. The summed E-state index contributed by atoms with van der Waals surface area (Å²) in [5.74, 6) is 1.40. The average Bonchev–Trinajstić information content (AvgIpc) is 2.98. The minimum Gasteiger partial charge on any atom is -0.490 e. The first-order valence-corrected chi connectivity index (χ1v) is 9.86. The lowest BCUT2D eigenvalue weighted by molar-refractivity contribution is 0.142. The van der Waals surface area contributed by atoms with Crippen molar-refractivity contribution in [2.45, 2.75) is 31.7 Å². The van der Waals surface area contributed by atoms with Crippen LogP contribution in [0.25, 0.3) is 0 Å². The Morgan fingerprint density at radius 2 is 1.75 bits per heavy atom. The third-order valence-electron chi connectivity index (χ3n) is 4.83. The van der Waals surface area contributed by atoms with Crippen molar-refractivity contribution in [3.8, 4) is 11.5 Å². The average molecular weight is 384 g/mol. The molecule has 0 radical (unpaired) electrons. The molecule has 1 atom stereocenters. The molecule has 1 fully saturated rings. The molecule has 3 rings (SSSR count). The number of likely N-dealkylation sites (tertiary alicyclic amines) is 1. The normalized spacial score (nSPS) is 16.9. The van der Waals surface area contributed by atoms with Gasteiger partial charge in [0, 0.05) is 6.54 Å². The van der Waals surface area contributed by atoms with Crippen LogP contribution in [0.15, 0.2) is 54.6 Å². The van der Waals surface area contributed by atoms with Crippen LogP contribution in [0.5, 0.6) is 11.5 Å². The van der Waals surface area contributed by atoms with Crippen molar-refractivity contribution >= 4 is 11.7 Å². The molecule has 1 aliphatic heterocycles. The number of carbonyl (C=O) groups excluding carboxylic acids is 1. The van der Waals surface area contributed by atoms with Gasteiger partial charge >= 0.3 is 6.03 Å². The van der Waals surface area contributed by atoms with Crippen molar-refractivity contribution in [1.82, 2.24) is 4.90 Å². The number of urea groups is 1. The van der Waals surface area contributed by atoms with Gasteiger partial charge in [-0.2, -0.15) is 0 Å². The van der Waals surface area contributed by atoms with Gasteiger partial charge in [0.1, 0.15) is 24.7 Å². The number of aliphatic hydroxyl groups excluding tert-OH is 1. The topological polar surface area (TPSA) is 71.0 Å². The van der Waals surface area contributed by atoms with Gasteiger partial charge in [-0.3, -0.25) is 0 Å². The highest BCUT2D eigenvalue weighted by atomic mass is 16.5. The Balaban J connectivity index is 1.56. The molecule has 2 N–H and O–H groups in total. The Kier molecular flexibility index (Phi) is 7.55. The quantitative estimate of drug-likeness (QED) is 0.710. The third-order valence-corrected chi connectivity index (χ3v) is 4.83.